The molecule has 0 radical (unpaired) electrons. The molecule has 1 aromatic rings. The smallest absolute Gasteiger partial charge is 0.123 e. The number of hydrogen-bond donors (Lipinski definition) is 1. The van der Waals surface area contributed by atoms with Crippen LogP contribution in [0.15, 0.2) is 24.3 Å². The first kappa shape index (κ1) is 14.5. The predicted octanol–water partition coefficient (Wildman–Crippen LogP) is 3.96. The van der Waals surface area contributed by atoms with Gasteiger partial charge in [-0.25, -0.2) is 4.39 Å². The van der Waals surface area contributed by atoms with Crippen molar-refractivity contribution in [3.05, 3.63) is 35.6 Å². The summed E-state index contributed by atoms with van der Waals surface area (Å²) in [7, 11) is 0. The number of halogens is 2. The van der Waals surface area contributed by atoms with E-state index in [0.717, 1.165) is 18.5 Å². The van der Waals surface area contributed by atoms with E-state index in [4.69, 9.17) is 11.6 Å². The summed E-state index contributed by atoms with van der Waals surface area (Å²) in [6.45, 7) is 7.34. The van der Waals surface area contributed by atoms with Gasteiger partial charge in [0.1, 0.15) is 5.82 Å². The monoisotopic (exact) mass is 257 g/mol. The maximum absolute atomic E-state index is 12.8. The van der Waals surface area contributed by atoms with Crippen molar-refractivity contribution in [2.24, 2.45) is 5.41 Å². The minimum absolute atomic E-state index is 0.176. The first-order valence-electron chi connectivity index (χ1n) is 5.97. The van der Waals surface area contributed by atoms with Crippen molar-refractivity contribution in [1.29, 1.82) is 0 Å². The molecule has 1 nitrogen and oxygen atoms in total. The number of alkyl halides is 1. The lowest BCUT2D eigenvalue weighted by Crippen LogP contribution is -2.40. The van der Waals surface area contributed by atoms with Gasteiger partial charge < -0.3 is 5.32 Å². The predicted molar refractivity (Wildman–Crippen MR) is 71.8 cm³/mol. The van der Waals surface area contributed by atoms with Gasteiger partial charge in [0.2, 0.25) is 0 Å². The first-order valence-corrected chi connectivity index (χ1v) is 6.50. The molecule has 1 rings (SSSR count). The van der Waals surface area contributed by atoms with Gasteiger partial charge in [-0.15, -0.1) is 11.6 Å². The molecule has 3 heteroatoms. The molecule has 17 heavy (non-hydrogen) atoms. The average molecular weight is 258 g/mol. The van der Waals surface area contributed by atoms with E-state index >= 15 is 0 Å². The SMILES string of the molecule is CC(C)(C)C(CCCl)NCc1ccc(F)cc1. The molecule has 0 heterocycles. The van der Waals surface area contributed by atoms with Gasteiger partial charge in [0.15, 0.2) is 0 Å². The Hall–Kier alpha value is -0.600. The Morgan fingerprint density at radius 2 is 1.82 bits per heavy atom. The van der Waals surface area contributed by atoms with E-state index in [9.17, 15) is 4.39 Å². The first-order chi connectivity index (χ1) is 7.93. The molecule has 1 aromatic carbocycles. The molecule has 0 saturated heterocycles. The van der Waals surface area contributed by atoms with Gasteiger partial charge in [-0.05, 0) is 29.5 Å². The Morgan fingerprint density at radius 1 is 1.24 bits per heavy atom. The molecule has 1 unspecified atom stereocenters. The highest BCUT2D eigenvalue weighted by molar-refractivity contribution is 6.17. The molecular weight excluding hydrogens is 237 g/mol. The molecule has 0 aliphatic rings. The zero-order valence-corrected chi connectivity index (χ0v) is 11.5. The third kappa shape index (κ3) is 5.05. The fourth-order valence-corrected chi connectivity index (χ4v) is 2.01. The number of hydrogen-bond acceptors (Lipinski definition) is 1. The fourth-order valence-electron chi connectivity index (χ4n) is 1.79. The molecule has 1 atom stereocenters. The van der Waals surface area contributed by atoms with E-state index in [-0.39, 0.29) is 11.2 Å². The van der Waals surface area contributed by atoms with Gasteiger partial charge in [0, 0.05) is 18.5 Å². The molecule has 0 fully saturated rings. The Balaban J connectivity index is 2.54. The third-order valence-corrected chi connectivity index (χ3v) is 3.13. The quantitative estimate of drug-likeness (QED) is 0.788. The maximum atomic E-state index is 12.8. The largest absolute Gasteiger partial charge is 0.309 e. The van der Waals surface area contributed by atoms with Crippen LogP contribution in [0.25, 0.3) is 0 Å². The normalized spacial score (nSPS) is 13.7. The van der Waals surface area contributed by atoms with Crippen LogP contribution < -0.4 is 5.32 Å². The van der Waals surface area contributed by atoms with Crippen molar-refractivity contribution in [3.8, 4) is 0 Å². The van der Waals surface area contributed by atoms with Gasteiger partial charge in [0.25, 0.3) is 0 Å². The van der Waals surface area contributed by atoms with Crippen molar-refractivity contribution in [2.75, 3.05) is 5.88 Å². The van der Waals surface area contributed by atoms with E-state index in [0.29, 0.717) is 11.9 Å². The number of rotatable bonds is 5. The van der Waals surface area contributed by atoms with Crippen LogP contribution in [-0.4, -0.2) is 11.9 Å². The summed E-state index contributed by atoms with van der Waals surface area (Å²) < 4.78 is 12.8. The third-order valence-electron chi connectivity index (χ3n) is 2.91. The molecule has 1 N–H and O–H groups in total. The molecule has 0 aromatic heterocycles. The van der Waals surface area contributed by atoms with Crippen molar-refractivity contribution >= 4 is 11.6 Å². The minimum atomic E-state index is -0.193. The highest BCUT2D eigenvalue weighted by Gasteiger charge is 2.23. The molecule has 0 spiro atoms. The number of nitrogens with one attached hydrogen (secondary N) is 1. The second kappa shape index (κ2) is 6.36. The summed E-state index contributed by atoms with van der Waals surface area (Å²) in [5.74, 6) is 0.458. The highest BCUT2D eigenvalue weighted by Crippen LogP contribution is 2.22. The Morgan fingerprint density at radius 3 is 2.29 bits per heavy atom. The lowest BCUT2D eigenvalue weighted by atomic mass is 9.85. The van der Waals surface area contributed by atoms with Crippen LogP contribution in [-0.2, 0) is 6.54 Å². The van der Waals surface area contributed by atoms with Gasteiger partial charge in [-0.1, -0.05) is 32.9 Å². The lowest BCUT2D eigenvalue weighted by Gasteiger charge is -2.31. The van der Waals surface area contributed by atoms with E-state index in [1.54, 1.807) is 0 Å². The summed E-state index contributed by atoms with van der Waals surface area (Å²) in [6.07, 6.45) is 0.937. The van der Waals surface area contributed by atoms with E-state index < -0.39 is 0 Å². The molecule has 0 aliphatic carbocycles. The van der Waals surface area contributed by atoms with Crippen LogP contribution in [0.1, 0.15) is 32.8 Å². The molecule has 0 aliphatic heterocycles. The average Bonchev–Trinajstić information content (AvgIpc) is 2.25. The van der Waals surface area contributed by atoms with Crippen LogP contribution >= 0.6 is 11.6 Å². The molecule has 0 amide bonds. The van der Waals surface area contributed by atoms with Gasteiger partial charge >= 0.3 is 0 Å². The number of benzene rings is 1. The maximum Gasteiger partial charge on any atom is 0.123 e. The Kier molecular flexibility index (Phi) is 5.41. The Bertz CT molecular complexity index is 329. The lowest BCUT2D eigenvalue weighted by molar-refractivity contribution is 0.260. The van der Waals surface area contributed by atoms with Crippen LogP contribution in [0.3, 0.4) is 0 Å². The van der Waals surface area contributed by atoms with Crippen LogP contribution in [0.2, 0.25) is 0 Å². The van der Waals surface area contributed by atoms with Crippen molar-refractivity contribution in [1.82, 2.24) is 5.32 Å². The highest BCUT2D eigenvalue weighted by atomic mass is 35.5. The van der Waals surface area contributed by atoms with Crippen molar-refractivity contribution in [2.45, 2.75) is 39.8 Å². The molecule has 0 saturated carbocycles. The zero-order valence-electron chi connectivity index (χ0n) is 10.8. The topological polar surface area (TPSA) is 12.0 Å². The second-order valence-electron chi connectivity index (χ2n) is 5.40. The molecule has 96 valence electrons. The molecule has 0 bridgehead atoms. The van der Waals surface area contributed by atoms with E-state index in [1.807, 2.05) is 12.1 Å². The summed E-state index contributed by atoms with van der Waals surface area (Å²) in [5, 5.41) is 3.49. The van der Waals surface area contributed by atoms with Crippen LogP contribution in [0, 0.1) is 11.2 Å². The van der Waals surface area contributed by atoms with E-state index in [2.05, 4.69) is 26.1 Å². The van der Waals surface area contributed by atoms with Crippen molar-refractivity contribution in [3.63, 3.8) is 0 Å². The van der Waals surface area contributed by atoms with E-state index in [1.165, 1.54) is 12.1 Å². The summed E-state index contributed by atoms with van der Waals surface area (Å²) in [4.78, 5) is 0. The fraction of sp³-hybridized carbons (Fsp3) is 0.571. The summed E-state index contributed by atoms with van der Waals surface area (Å²) >= 11 is 5.82. The Labute approximate surface area is 108 Å². The summed E-state index contributed by atoms with van der Waals surface area (Å²) in [6, 6.07) is 6.96. The zero-order chi connectivity index (χ0) is 12.9. The van der Waals surface area contributed by atoms with Gasteiger partial charge in [0.05, 0.1) is 0 Å². The van der Waals surface area contributed by atoms with Crippen molar-refractivity contribution < 1.29 is 4.39 Å². The minimum Gasteiger partial charge on any atom is -0.309 e. The second-order valence-corrected chi connectivity index (χ2v) is 5.78. The van der Waals surface area contributed by atoms with Gasteiger partial charge in [-0.2, -0.15) is 0 Å². The van der Waals surface area contributed by atoms with Crippen LogP contribution in [0.5, 0.6) is 0 Å². The van der Waals surface area contributed by atoms with Crippen LogP contribution in [0.4, 0.5) is 4.39 Å². The van der Waals surface area contributed by atoms with Gasteiger partial charge in [-0.3, -0.25) is 0 Å². The standard InChI is InChI=1S/C14H21ClFN/c1-14(2,3)13(8-9-15)17-10-11-4-6-12(16)7-5-11/h4-7,13,17H,8-10H2,1-3H3. The summed E-state index contributed by atoms with van der Waals surface area (Å²) in [5.41, 5.74) is 1.27. The molecular formula is C14H21ClFN.